The number of carbonyl (C=O) groups is 1. The van der Waals surface area contributed by atoms with Gasteiger partial charge in [0.15, 0.2) is 0 Å². The van der Waals surface area contributed by atoms with Crippen LogP contribution in [0.2, 0.25) is 10.0 Å². The molecule has 0 radical (unpaired) electrons. The summed E-state index contributed by atoms with van der Waals surface area (Å²) in [6.07, 6.45) is 2.10. The van der Waals surface area contributed by atoms with Crippen LogP contribution in [0.3, 0.4) is 0 Å². The van der Waals surface area contributed by atoms with Crippen molar-refractivity contribution in [3.05, 3.63) is 69.2 Å². The van der Waals surface area contributed by atoms with Crippen molar-refractivity contribution in [2.24, 2.45) is 0 Å². The van der Waals surface area contributed by atoms with Crippen LogP contribution in [0.5, 0.6) is 0 Å². The number of nitrogens with zero attached hydrogens (tertiary/aromatic N) is 1. The molecule has 3 rings (SSSR count). The highest BCUT2D eigenvalue weighted by atomic mass is 35.5. The van der Waals surface area contributed by atoms with Crippen LogP contribution >= 0.6 is 23.2 Å². The van der Waals surface area contributed by atoms with E-state index in [9.17, 15) is 4.79 Å². The summed E-state index contributed by atoms with van der Waals surface area (Å²) in [7, 11) is 0. The molecule has 1 saturated heterocycles. The first-order valence-corrected chi connectivity index (χ1v) is 9.20. The summed E-state index contributed by atoms with van der Waals surface area (Å²) >= 11 is 12.3. The second-order valence-electron chi connectivity index (χ2n) is 6.42. The zero-order valence-electron chi connectivity index (χ0n) is 14.2. The molecule has 0 aromatic heterocycles. The standard InChI is InChI=1S/C20H21Cl2NO2/c1-14-4-6-15(7-5-14)20(24)23(13-18-3-2-10-25-18)12-16-8-9-17(21)11-19(16)22/h4-9,11,18H,2-3,10,12-13H2,1H3. The van der Waals surface area contributed by atoms with E-state index in [0.717, 1.165) is 30.6 Å². The second kappa shape index (κ2) is 8.22. The summed E-state index contributed by atoms with van der Waals surface area (Å²) in [5, 5.41) is 1.16. The molecule has 3 nitrogen and oxygen atoms in total. The molecule has 5 heteroatoms. The predicted octanol–water partition coefficient (Wildman–Crippen LogP) is 5.12. The van der Waals surface area contributed by atoms with E-state index >= 15 is 0 Å². The predicted molar refractivity (Wildman–Crippen MR) is 101 cm³/mol. The molecule has 1 heterocycles. The van der Waals surface area contributed by atoms with E-state index in [2.05, 4.69) is 0 Å². The Balaban J connectivity index is 1.83. The molecular formula is C20H21Cl2NO2. The van der Waals surface area contributed by atoms with Gasteiger partial charge in [-0.25, -0.2) is 0 Å². The van der Waals surface area contributed by atoms with Crippen LogP contribution in [0.1, 0.15) is 34.3 Å². The largest absolute Gasteiger partial charge is 0.376 e. The van der Waals surface area contributed by atoms with Gasteiger partial charge in [0.2, 0.25) is 0 Å². The third kappa shape index (κ3) is 4.75. The molecule has 25 heavy (non-hydrogen) atoms. The summed E-state index contributed by atoms with van der Waals surface area (Å²) in [6.45, 7) is 3.76. The number of benzene rings is 2. The summed E-state index contributed by atoms with van der Waals surface area (Å²) in [6, 6.07) is 13.0. The molecule has 0 bridgehead atoms. The number of amides is 1. The van der Waals surface area contributed by atoms with Crippen LogP contribution in [-0.2, 0) is 11.3 Å². The SMILES string of the molecule is Cc1ccc(C(=O)N(Cc2ccc(Cl)cc2Cl)CC2CCCO2)cc1. The lowest BCUT2D eigenvalue weighted by atomic mass is 10.1. The molecule has 2 aromatic carbocycles. The van der Waals surface area contributed by atoms with Gasteiger partial charge in [-0.3, -0.25) is 4.79 Å². The topological polar surface area (TPSA) is 29.5 Å². The molecule has 1 aliphatic heterocycles. The van der Waals surface area contributed by atoms with Gasteiger partial charge >= 0.3 is 0 Å². The minimum absolute atomic E-state index is 0.0125. The molecule has 0 aliphatic carbocycles. The van der Waals surface area contributed by atoms with Gasteiger partial charge in [0.05, 0.1) is 6.10 Å². The van der Waals surface area contributed by atoms with Crippen LogP contribution in [0.4, 0.5) is 0 Å². The van der Waals surface area contributed by atoms with Crippen LogP contribution < -0.4 is 0 Å². The highest BCUT2D eigenvalue weighted by molar-refractivity contribution is 6.35. The second-order valence-corrected chi connectivity index (χ2v) is 7.27. The van der Waals surface area contributed by atoms with E-state index < -0.39 is 0 Å². The molecule has 132 valence electrons. The number of halogens is 2. The third-order valence-corrected chi connectivity index (χ3v) is 5.00. The number of carbonyl (C=O) groups excluding carboxylic acids is 1. The van der Waals surface area contributed by atoms with Gasteiger partial charge in [0.1, 0.15) is 0 Å². The van der Waals surface area contributed by atoms with E-state index in [1.54, 1.807) is 12.1 Å². The van der Waals surface area contributed by atoms with Crippen molar-refractivity contribution in [3.63, 3.8) is 0 Å². The van der Waals surface area contributed by atoms with Crippen molar-refractivity contribution in [1.29, 1.82) is 0 Å². The lowest BCUT2D eigenvalue weighted by molar-refractivity contribution is 0.0507. The minimum atomic E-state index is -0.0125. The average molecular weight is 378 g/mol. The lowest BCUT2D eigenvalue weighted by Crippen LogP contribution is -2.37. The number of hydrogen-bond acceptors (Lipinski definition) is 2. The first-order valence-electron chi connectivity index (χ1n) is 8.44. The number of hydrogen-bond donors (Lipinski definition) is 0. The van der Waals surface area contributed by atoms with Crippen LogP contribution in [0, 0.1) is 6.92 Å². The zero-order chi connectivity index (χ0) is 17.8. The molecule has 1 aliphatic rings. The van der Waals surface area contributed by atoms with Crippen LogP contribution in [0.15, 0.2) is 42.5 Å². The van der Waals surface area contributed by atoms with E-state index in [4.69, 9.17) is 27.9 Å². The molecule has 1 atom stereocenters. The van der Waals surface area contributed by atoms with Crippen molar-refractivity contribution in [1.82, 2.24) is 4.90 Å². The lowest BCUT2D eigenvalue weighted by Gasteiger charge is -2.26. The molecule has 0 saturated carbocycles. The smallest absolute Gasteiger partial charge is 0.254 e. The number of aryl methyl sites for hydroxylation is 1. The molecule has 0 spiro atoms. The Morgan fingerprint density at radius 2 is 1.96 bits per heavy atom. The van der Waals surface area contributed by atoms with Crippen molar-refractivity contribution < 1.29 is 9.53 Å². The van der Waals surface area contributed by atoms with Crippen molar-refractivity contribution >= 4 is 29.1 Å². The molecule has 0 N–H and O–H groups in total. The Morgan fingerprint density at radius 1 is 1.20 bits per heavy atom. The monoisotopic (exact) mass is 377 g/mol. The fraction of sp³-hybridized carbons (Fsp3) is 0.350. The Kier molecular flexibility index (Phi) is 6.00. The summed E-state index contributed by atoms with van der Waals surface area (Å²) in [4.78, 5) is 14.8. The maximum absolute atomic E-state index is 13.0. The van der Waals surface area contributed by atoms with Crippen molar-refractivity contribution in [3.8, 4) is 0 Å². The fourth-order valence-corrected chi connectivity index (χ4v) is 3.46. The summed E-state index contributed by atoms with van der Waals surface area (Å²) < 4.78 is 5.73. The van der Waals surface area contributed by atoms with Gasteiger partial charge < -0.3 is 9.64 Å². The Bertz CT molecular complexity index is 740. The van der Waals surface area contributed by atoms with Gasteiger partial charge in [0.25, 0.3) is 5.91 Å². The van der Waals surface area contributed by atoms with Crippen molar-refractivity contribution in [2.45, 2.75) is 32.4 Å². The van der Waals surface area contributed by atoms with Crippen molar-refractivity contribution in [2.75, 3.05) is 13.2 Å². The maximum Gasteiger partial charge on any atom is 0.254 e. The fourth-order valence-electron chi connectivity index (χ4n) is 2.99. The van der Waals surface area contributed by atoms with Gasteiger partial charge in [-0.2, -0.15) is 0 Å². The van der Waals surface area contributed by atoms with Gasteiger partial charge in [-0.1, -0.05) is 47.0 Å². The van der Waals surface area contributed by atoms with Crippen LogP contribution in [0.25, 0.3) is 0 Å². The zero-order valence-corrected chi connectivity index (χ0v) is 15.7. The highest BCUT2D eigenvalue weighted by Gasteiger charge is 2.24. The average Bonchev–Trinajstić information content (AvgIpc) is 3.10. The highest BCUT2D eigenvalue weighted by Crippen LogP contribution is 2.24. The quantitative estimate of drug-likeness (QED) is 0.723. The molecule has 1 fully saturated rings. The van der Waals surface area contributed by atoms with E-state index in [1.165, 1.54) is 0 Å². The minimum Gasteiger partial charge on any atom is -0.376 e. The molecule has 1 unspecified atom stereocenters. The summed E-state index contributed by atoms with van der Waals surface area (Å²) in [5.74, 6) is -0.0125. The number of ether oxygens (including phenoxy) is 1. The van der Waals surface area contributed by atoms with E-state index in [0.29, 0.717) is 28.7 Å². The third-order valence-electron chi connectivity index (χ3n) is 4.41. The normalized spacial score (nSPS) is 16.8. The first-order chi connectivity index (χ1) is 12.0. The Labute approximate surface area is 158 Å². The molecule has 2 aromatic rings. The summed E-state index contributed by atoms with van der Waals surface area (Å²) in [5.41, 5.74) is 2.68. The van der Waals surface area contributed by atoms with E-state index in [1.807, 2.05) is 42.2 Å². The van der Waals surface area contributed by atoms with Crippen LogP contribution in [-0.4, -0.2) is 30.1 Å². The Hall–Kier alpha value is -1.55. The Morgan fingerprint density at radius 3 is 2.60 bits per heavy atom. The molecule has 1 amide bonds. The van der Waals surface area contributed by atoms with Gasteiger partial charge in [-0.15, -0.1) is 0 Å². The first kappa shape index (κ1) is 18.2. The van der Waals surface area contributed by atoms with Gasteiger partial charge in [0, 0.05) is 35.3 Å². The maximum atomic E-state index is 13.0. The van der Waals surface area contributed by atoms with Gasteiger partial charge in [-0.05, 0) is 49.6 Å². The molecular weight excluding hydrogens is 357 g/mol. The number of rotatable bonds is 5. The van der Waals surface area contributed by atoms with E-state index in [-0.39, 0.29) is 12.0 Å².